The minimum absolute atomic E-state index is 0.0319. The van der Waals surface area contributed by atoms with Crippen LogP contribution in [0.15, 0.2) is 41.6 Å². The Hall–Kier alpha value is -2.75. The Kier molecular flexibility index (Phi) is 4.77. The van der Waals surface area contributed by atoms with Gasteiger partial charge in [0.2, 0.25) is 0 Å². The lowest BCUT2D eigenvalue weighted by molar-refractivity contribution is 0.145. The molecule has 0 saturated heterocycles. The van der Waals surface area contributed by atoms with Crippen molar-refractivity contribution in [1.82, 2.24) is 14.8 Å². The first-order valence-corrected chi connectivity index (χ1v) is 9.46. The van der Waals surface area contributed by atoms with Gasteiger partial charge >= 0.3 is 0 Å². The molecule has 27 heavy (non-hydrogen) atoms. The maximum absolute atomic E-state index is 14.2. The number of benzene rings is 1. The molecule has 0 saturated carbocycles. The van der Waals surface area contributed by atoms with Crippen LogP contribution in [0.1, 0.15) is 17.7 Å². The molecule has 3 aromatic rings. The molecule has 0 radical (unpaired) electrons. The summed E-state index contributed by atoms with van der Waals surface area (Å²) in [7, 11) is -4.14. The van der Waals surface area contributed by atoms with Crippen LogP contribution in [-0.4, -0.2) is 29.4 Å². The van der Waals surface area contributed by atoms with E-state index in [4.69, 9.17) is 0 Å². The van der Waals surface area contributed by atoms with Gasteiger partial charge in [0.25, 0.3) is 6.43 Å². The first-order valence-electron chi connectivity index (χ1n) is 7.57. The van der Waals surface area contributed by atoms with Crippen molar-refractivity contribution < 1.29 is 26.0 Å². The van der Waals surface area contributed by atoms with Gasteiger partial charge in [0.1, 0.15) is 22.2 Å². The van der Waals surface area contributed by atoms with E-state index in [0.717, 1.165) is 28.4 Å². The van der Waals surface area contributed by atoms with E-state index in [2.05, 4.69) is 10.1 Å². The van der Waals surface area contributed by atoms with E-state index in [-0.39, 0.29) is 11.3 Å². The zero-order valence-corrected chi connectivity index (χ0v) is 14.9. The molecule has 142 valence electrons. The number of hydrogen-bond donors (Lipinski definition) is 0. The molecule has 0 atom stereocenters. The summed E-state index contributed by atoms with van der Waals surface area (Å²) in [5.74, 6) is -2.64. The first-order chi connectivity index (χ1) is 12.6. The summed E-state index contributed by atoms with van der Waals surface area (Å²) in [6, 6.07) is 4.13. The summed E-state index contributed by atoms with van der Waals surface area (Å²) in [5, 5.41) is 3.79. The summed E-state index contributed by atoms with van der Waals surface area (Å²) in [5.41, 5.74) is 0.260. The number of sulfone groups is 1. The lowest BCUT2D eigenvalue weighted by atomic mass is 10.1. The quantitative estimate of drug-likeness (QED) is 0.625. The fourth-order valence-electron chi connectivity index (χ4n) is 2.63. The molecule has 2 heterocycles. The maximum Gasteiger partial charge on any atom is 0.282 e. The SMILES string of the molecule is Cc1cncc(-n2nc(C(F)F)cc2-c2cc(F)c(S(C)(=O)=O)c(F)c2)c1. The van der Waals surface area contributed by atoms with E-state index in [1.54, 1.807) is 19.2 Å². The van der Waals surface area contributed by atoms with Crippen LogP contribution in [0.5, 0.6) is 0 Å². The molecule has 0 aliphatic carbocycles. The van der Waals surface area contributed by atoms with Crippen molar-refractivity contribution in [1.29, 1.82) is 0 Å². The molecule has 0 fully saturated rings. The predicted octanol–water partition coefficient (Wildman–Crippen LogP) is 3.86. The summed E-state index contributed by atoms with van der Waals surface area (Å²) < 4.78 is 78.9. The Morgan fingerprint density at radius 1 is 1.04 bits per heavy atom. The van der Waals surface area contributed by atoms with Crippen molar-refractivity contribution in [2.45, 2.75) is 18.2 Å². The van der Waals surface area contributed by atoms with Gasteiger partial charge in [-0.25, -0.2) is 30.7 Å². The second kappa shape index (κ2) is 6.76. The molecule has 0 bridgehead atoms. The lowest BCUT2D eigenvalue weighted by Gasteiger charge is -2.10. The Morgan fingerprint density at radius 2 is 1.67 bits per heavy atom. The van der Waals surface area contributed by atoms with Crippen LogP contribution < -0.4 is 0 Å². The third-order valence-electron chi connectivity index (χ3n) is 3.72. The third-order valence-corrected chi connectivity index (χ3v) is 4.85. The molecule has 0 spiro atoms. The van der Waals surface area contributed by atoms with Crippen LogP contribution in [0.2, 0.25) is 0 Å². The lowest BCUT2D eigenvalue weighted by Crippen LogP contribution is -2.06. The highest BCUT2D eigenvalue weighted by molar-refractivity contribution is 7.90. The zero-order valence-electron chi connectivity index (χ0n) is 14.1. The number of halogens is 4. The number of aromatic nitrogens is 3. The average molecular weight is 399 g/mol. The Balaban J connectivity index is 2.26. The van der Waals surface area contributed by atoms with Gasteiger partial charge in [0, 0.05) is 18.0 Å². The molecule has 10 heteroatoms. The van der Waals surface area contributed by atoms with E-state index < -0.39 is 38.5 Å². The Morgan fingerprint density at radius 3 is 2.19 bits per heavy atom. The summed E-state index contributed by atoms with van der Waals surface area (Å²) in [6.07, 6.45) is 0.663. The summed E-state index contributed by atoms with van der Waals surface area (Å²) in [4.78, 5) is 2.88. The first kappa shape index (κ1) is 19.0. The molecule has 3 rings (SSSR count). The number of hydrogen-bond acceptors (Lipinski definition) is 4. The fraction of sp³-hybridized carbons (Fsp3) is 0.176. The fourth-order valence-corrected chi connectivity index (χ4v) is 3.45. The van der Waals surface area contributed by atoms with Gasteiger partial charge in [0.15, 0.2) is 9.84 Å². The van der Waals surface area contributed by atoms with Crippen LogP contribution >= 0.6 is 0 Å². The molecule has 0 N–H and O–H groups in total. The number of nitrogens with zero attached hydrogens (tertiary/aromatic N) is 3. The Labute approximate surface area is 152 Å². The van der Waals surface area contributed by atoms with Crippen LogP contribution in [0.4, 0.5) is 17.6 Å². The monoisotopic (exact) mass is 399 g/mol. The van der Waals surface area contributed by atoms with Gasteiger partial charge in [-0.3, -0.25) is 4.98 Å². The maximum atomic E-state index is 14.2. The van der Waals surface area contributed by atoms with Gasteiger partial charge in [0.05, 0.1) is 17.6 Å². The van der Waals surface area contributed by atoms with Crippen LogP contribution in [0, 0.1) is 18.6 Å². The standard InChI is InChI=1S/C17H13F4N3O2S/c1-9-3-11(8-22-7-9)24-15(6-14(23-24)17(20)21)10-4-12(18)16(13(19)5-10)27(2,25)26/h3-8,17H,1-2H3. The van der Waals surface area contributed by atoms with E-state index in [1.165, 1.54) is 6.20 Å². The van der Waals surface area contributed by atoms with Crippen molar-refractivity contribution in [2.24, 2.45) is 0 Å². The van der Waals surface area contributed by atoms with Crippen LogP contribution in [0.25, 0.3) is 16.9 Å². The topological polar surface area (TPSA) is 64.8 Å². The number of pyridine rings is 1. The molecule has 0 unspecified atom stereocenters. The Bertz CT molecular complexity index is 1100. The number of alkyl halides is 2. The van der Waals surface area contributed by atoms with Crippen LogP contribution in [-0.2, 0) is 9.84 Å². The minimum Gasteiger partial charge on any atom is -0.262 e. The molecule has 0 aliphatic heterocycles. The molecular weight excluding hydrogens is 386 g/mol. The molecular formula is C17H13F4N3O2S. The van der Waals surface area contributed by atoms with Gasteiger partial charge in [-0.2, -0.15) is 5.10 Å². The largest absolute Gasteiger partial charge is 0.282 e. The second-order valence-corrected chi connectivity index (χ2v) is 7.88. The van der Waals surface area contributed by atoms with E-state index in [1.807, 2.05) is 0 Å². The van der Waals surface area contributed by atoms with Crippen molar-refractivity contribution in [3.63, 3.8) is 0 Å². The van der Waals surface area contributed by atoms with Crippen LogP contribution in [0.3, 0.4) is 0 Å². The average Bonchev–Trinajstić information content (AvgIpc) is 2.98. The zero-order chi connectivity index (χ0) is 19.9. The van der Waals surface area contributed by atoms with E-state index in [9.17, 15) is 26.0 Å². The highest BCUT2D eigenvalue weighted by Crippen LogP contribution is 2.31. The molecule has 5 nitrogen and oxygen atoms in total. The smallest absolute Gasteiger partial charge is 0.262 e. The van der Waals surface area contributed by atoms with Gasteiger partial charge < -0.3 is 0 Å². The highest BCUT2D eigenvalue weighted by Gasteiger charge is 2.24. The van der Waals surface area contributed by atoms with Gasteiger partial charge in [-0.05, 0) is 36.8 Å². The van der Waals surface area contributed by atoms with Crippen molar-refractivity contribution in [2.75, 3.05) is 6.26 Å². The molecule has 2 aromatic heterocycles. The van der Waals surface area contributed by atoms with Crippen molar-refractivity contribution in [3.8, 4) is 16.9 Å². The van der Waals surface area contributed by atoms with Gasteiger partial charge in [-0.1, -0.05) is 0 Å². The van der Waals surface area contributed by atoms with Crippen molar-refractivity contribution in [3.05, 3.63) is 59.6 Å². The normalized spacial score (nSPS) is 12.0. The second-order valence-electron chi connectivity index (χ2n) is 5.93. The van der Waals surface area contributed by atoms with E-state index >= 15 is 0 Å². The highest BCUT2D eigenvalue weighted by atomic mass is 32.2. The van der Waals surface area contributed by atoms with E-state index in [0.29, 0.717) is 11.9 Å². The number of aryl methyl sites for hydroxylation is 1. The van der Waals surface area contributed by atoms with Gasteiger partial charge in [-0.15, -0.1) is 0 Å². The summed E-state index contributed by atoms with van der Waals surface area (Å²) >= 11 is 0. The van der Waals surface area contributed by atoms with Crippen molar-refractivity contribution >= 4 is 9.84 Å². The third kappa shape index (κ3) is 3.70. The molecule has 0 amide bonds. The molecule has 0 aliphatic rings. The summed E-state index contributed by atoms with van der Waals surface area (Å²) in [6.45, 7) is 1.73. The predicted molar refractivity (Wildman–Crippen MR) is 89.5 cm³/mol. The number of rotatable bonds is 4. The minimum atomic E-state index is -4.14. The molecule has 1 aromatic carbocycles.